The highest BCUT2D eigenvalue weighted by Crippen LogP contribution is 2.28. The normalized spacial score (nSPS) is 16.1. The molecule has 1 aliphatic carbocycles. The van der Waals surface area contributed by atoms with E-state index < -0.39 is 6.10 Å². The molecule has 0 radical (unpaired) electrons. The van der Waals surface area contributed by atoms with Crippen molar-refractivity contribution in [1.82, 2.24) is 10.3 Å². The van der Waals surface area contributed by atoms with E-state index in [1.165, 1.54) is 12.8 Å². The summed E-state index contributed by atoms with van der Waals surface area (Å²) in [6, 6.07) is 3.44. The second kappa shape index (κ2) is 6.63. The predicted octanol–water partition coefficient (Wildman–Crippen LogP) is 0.907. The first-order valence-corrected chi connectivity index (χ1v) is 6.62. The third kappa shape index (κ3) is 4.61. The van der Waals surface area contributed by atoms with E-state index in [1.807, 2.05) is 0 Å². The molecule has 1 unspecified atom stereocenters. The Labute approximate surface area is 113 Å². The summed E-state index contributed by atoms with van der Waals surface area (Å²) in [4.78, 5) is 15.9. The summed E-state index contributed by atoms with van der Waals surface area (Å²) in [5, 5.41) is 12.4. The van der Waals surface area contributed by atoms with Gasteiger partial charge < -0.3 is 15.2 Å². The Hall–Kier alpha value is -1.46. The lowest BCUT2D eigenvalue weighted by molar-refractivity contribution is 0.0320. The molecule has 1 aromatic rings. The Bertz CT molecular complexity index is 432. The van der Waals surface area contributed by atoms with Crippen LogP contribution in [0.3, 0.4) is 0 Å². The second-order valence-electron chi connectivity index (χ2n) is 4.98. The Kier molecular flexibility index (Phi) is 4.87. The fourth-order valence-corrected chi connectivity index (χ4v) is 1.74. The van der Waals surface area contributed by atoms with Crippen LogP contribution in [0.2, 0.25) is 0 Å². The molecular weight excluding hydrogens is 244 g/mol. The Morgan fingerprint density at radius 2 is 2.42 bits per heavy atom. The number of hydrogen-bond acceptors (Lipinski definition) is 4. The van der Waals surface area contributed by atoms with Gasteiger partial charge in [0.15, 0.2) is 0 Å². The zero-order valence-electron chi connectivity index (χ0n) is 11.1. The van der Waals surface area contributed by atoms with Gasteiger partial charge in [-0.25, -0.2) is 0 Å². The Morgan fingerprint density at radius 3 is 3.11 bits per heavy atom. The van der Waals surface area contributed by atoms with Gasteiger partial charge in [-0.1, -0.05) is 0 Å². The molecule has 0 aliphatic heterocycles. The minimum absolute atomic E-state index is 0.192. The van der Waals surface area contributed by atoms with E-state index in [0.717, 1.165) is 0 Å². The molecule has 19 heavy (non-hydrogen) atoms. The van der Waals surface area contributed by atoms with Crippen LogP contribution in [0.15, 0.2) is 18.3 Å². The summed E-state index contributed by atoms with van der Waals surface area (Å²) in [6.07, 6.45) is 3.44. The number of hydrogen-bond donors (Lipinski definition) is 2. The van der Waals surface area contributed by atoms with Crippen LogP contribution in [-0.2, 0) is 4.74 Å². The largest absolute Gasteiger partial charge is 0.389 e. The first kappa shape index (κ1) is 14.0. The Morgan fingerprint density at radius 1 is 1.63 bits per heavy atom. The number of aryl methyl sites for hydroxylation is 1. The smallest absolute Gasteiger partial charge is 0.253 e. The number of nitrogens with zero attached hydrogens (tertiary/aromatic N) is 1. The van der Waals surface area contributed by atoms with E-state index in [0.29, 0.717) is 23.8 Å². The van der Waals surface area contributed by atoms with Gasteiger partial charge in [0.1, 0.15) is 0 Å². The topological polar surface area (TPSA) is 71.5 Å². The summed E-state index contributed by atoms with van der Waals surface area (Å²) < 4.78 is 5.37. The minimum atomic E-state index is -0.667. The predicted molar refractivity (Wildman–Crippen MR) is 70.9 cm³/mol. The molecule has 1 heterocycles. The van der Waals surface area contributed by atoms with Crippen LogP contribution < -0.4 is 5.32 Å². The molecule has 5 heteroatoms. The number of aliphatic hydroxyl groups is 1. The van der Waals surface area contributed by atoms with E-state index in [4.69, 9.17) is 4.74 Å². The summed E-state index contributed by atoms with van der Waals surface area (Å²) in [5.41, 5.74) is 1.22. The number of ether oxygens (including phenoxy) is 1. The van der Waals surface area contributed by atoms with E-state index >= 15 is 0 Å². The Balaban J connectivity index is 1.68. The fourth-order valence-electron chi connectivity index (χ4n) is 1.74. The van der Waals surface area contributed by atoms with Crippen LogP contribution in [0.4, 0.5) is 0 Å². The highest BCUT2D eigenvalue weighted by molar-refractivity contribution is 5.95. The van der Waals surface area contributed by atoms with Crippen LogP contribution in [0.1, 0.15) is 28.9 Å². The van der Waals surface area contributed by atoms with Gasteiger partial charge in [-0.15, -0.1) is 0 Å². The van der Waals surface area contributed by atoms with Crippen molar-refractivity contribution < 1.29 is 14.6 Å². The van der Waals surface area contributed by atoms with Gasteiger partial charge >= 0.3 is 0 Å². The van der Waals surface area contributed by atoms with E-state index in [-0.39, 0.29) is 19.1 Å². The third-order valence-corrected chi connectivity index (χ3v) is 3.11. The second-order valence-corrected chi connectivity index (χ2v) is 4.98. The molecule has 0 spiro atoms. The van der Waals surface area contributed by atoms with E-state index in [1.54, 1.807) is 25.3 Å². The molecule has 0 saturated heterocycles. The number of carbonyl (C=O) groups is 1. The zero-order chi connectivity index (χ0) is 13.7. The molecule has 104 valence electrons. The average Bonchev–Trinajstić information content (AvgIpc) is 3.20. The van der Waals surface area contributed by atoms with Crippen molar-refractivity contribution in [3.05, 3.63) is 29.6 Å². The van der Waals surface area contributed by atoms with Crippen molar-refractivity contribution >= 4 is 5.91 Å². The molecule has 1 fully saturated rings. The van der Waals surface area contributed by atoms with Crippen LogP contribution in [0.25, 0.3) is 0 Å². The summed E-state index contributed by atoms with van der Waals surface area (Å²) in [5.74, 6) is 0.465. The summed E-state index contributed by atoms with van der Waals surface area (Å²) >= 11 is 0. The first-order valence-electron chi connectivity index (χ1n) is 6.62. The molecule has 2 N–H and O–H groups in total. The molecule has 1 atom stereocenters. The van der Waals surface area contributed by atoms with Crippen molar-refractivity contribution in [2.45, 2.75) is 25.9 Å². The SMILES string of the molecule is Cc1ncccc1C(=O)NCC(O)COCC1CC1. The first-order chi connectivity index (χ1) is 9.16. The van der Waals surface area contributed by atoms with Crippen LogP contribution >= 0.6 is 0 Å². The van der Waals surface area contributed by atoms with Gasteiger partial charge in [-0.2, -0.15) is 0 Å². The van der Waals surface area contributed by atoms with Gasteiger partial charge in [0, 0.05) is 25.0 Å². The van der Waals surface area contributed by atoms with Crippen molar-refractivity contribution in [3.63, 3.8) is 0 Å². The molecule has 1 saturated carbocycles. The number of carbonyl (C=O) groups excluding carboxylic acids is 1. The van der Waals surface area contributed by atoms with Gasteiger partial charge in [0.2, 0.25) is 0 Å². The van der Waals surface area contributed by atoms with E-state index in [2.05, 4.69) is 10.3 Å². The van der Waals surface area contributed by atoms with Crippen molar-refractivity contribution in [1.29, 1.82) is 0 Å². The number of amides is 1. The van der Waals surface area contributed by atoms with Crippen molar-refractivity contribution in [2.75, 3.05) is 19.8 Å². The van der Waals surface area contributed by atoms with Crippen LogP contribution in [0, 0.1) is 12.8 Å². The lowest BCUT2D eigenvalue weighted by Crippen LogP contribution is -2.35. The standard InChI is InChI=1S/C14H20N2O3/c1-10-13(3-2-6-15-10)14(18)16-7-12(17)9-19-8-11-4-5-11/h2-3,6,11-12,17H,4-5,7-9H2,1H3,(H,16,18). The lowest BCUT2D eigenvalue weighted by atomic mass is 10.2. The maximum Gasteiger partial charge on any atom is 0.253 e. The molecule has 5 nitrogen and oxygen atoms in total. The van der Waals surface area contributed by atoms with Gasteiger partial charge in [0.25, 0.3) is 5.91 Å². The quantitative estimate of drug-likeness (QED) is 0.768. The van der Waals surface area contributed by atoms with Gasteiger partial charge in [-0.3, -0.25) is 9.78 Å². The van der Waals surface area contributed by atoms with Crippen molar-refractivity contribution in [2.24, 2.45) is 5.92 Å². The zero-order valence-corrected chi connectivity index (χ0v) is 11.1. The number of aromatic nitrogens is 1. The number of aliphatic hydroxyl groups excluding tert-OH is 1. The number of pyridine rings is 1. The lowest BCUT2D eigenvalue weighted by Gasteiger charge is -2.12. The molecule has 0 bridgehead atoms. The highest BCUT2D eigenvalue weighted by Gasteiger charge is 2.21. The number of nitrogens with one attached hydrogen (secondary N) is 1. The van der Waals surface area contributed by atoms with Crippen LogP contribution in [-0.4, -0.2) is 41.9 Å². The van der Waals surface area contributed by atoms with Crippen LogP contribution in [0.5, 0.6) is 0 Å². The highest BCUT2D eigenvalue weighted by atomic mass is 16.5. The molecule has 1 aromatic heterocycles. The monoisotopic (exact) mass is 264 g/mol. The third-order valence-electron chi connectivity index (χ3n) is 3.11. The summed E-state index contributed by atoms with van der Waals surface area (Å²) in [7, 11) is 0. The number of rotatable bonds is 7. The van der Waals surface area contributed by atoms with E-state index in [9.17, 15) is 9.90 Å². The molecule has 1 amide bonds. The molecule has 0 aromatic carbocycles. The van der Waals surface area contributed by atoms with Crippen molar-refractivity contribution in [3.8, 4) is 0 Å². The van der Waals surface area contributed by atoms with Gasteiger partial charge in [0.05, 0.1) is 18.3 Å². The minimum Gasteiger partial charge on any atom is -0.389 e. The molecule has 1 aliphatic rings. The molecular formula is C14H20N2O3. The fraction of sp³-hybridized carbons (Fsp3) is 0.571. The average molecular weight is 264 g/mol. The maximum atomic E-state index is 11.9. The van der Waals surface area contributed by atoms with Gasteiger partial charge in [-0.05, 0) is 37.8 Å². The summed E-state index contributed by atoms with van der Waals surface area (Å²) in [6.45, 7) is 2.96. The molecule has 2 rings (SSSR count). The maximum absolute atomic E-state index is 11.9.